The van der Waals surface area contributed by atoms with Crippen molar-refractivity contribution in [1.82, 2.24) is 10.2 Å². The van der Waals surface area contributed by atoms with Gasteiger partial charge in [0.25, 0.3) is 5.89 Å². The monoisotopic (exact) mass is 263 g/mol. The molecule has 0 radical (unpaired) electrons. The Labute approximate surface area is 106 Å². The van der Waals surface area contributed by atoms with Crippen LogP contribution in [0, 0.1) is 5.82 Å². The van der Waals surface area contributed by atoms with Crippen LogP contribution >= 0.6 is 11.3 Å². The zero-order chi connectivity index (χ0) is 12.7. The lowest BCUT2D eigenvalue weighted by atomic mass is 10.2. The summed E-state index contributed by atoms with van der Waals surface area (Å²) in [6.45, 7) is 1.78. The molecule has 0 saturated carbocycles. The fourth-order valence-corrected chi connectivity index (χ4v) is 2.64. The molecule has 0 saturated heterocycles. The smallest absolute Gasteiger partial charge is 0.257 e. The third-order valence-electron chi connectivity index (χ3n) is 2.52. The van der Waals surface area contributed by atoms with E-state index in [-0.39, 0.29) is 11.9 Å². The number of nitrogens with zero attached hydrogens (tertiary/aromatic N) is 2. The van der Waals surface area contributed by atoms with Gasteiger partial charge >= 0.3 is 0 Å². The number of aromatic nitrogens is 2. The van der Waals surface area contributed by atoms with Crippen LogP contribution < -0.4 is 5.73 Å². The number of thiophene rings is 1. The van der Waals surface area contributed by atoms with Crippen LogP contribution in [-0.4, -0.2) is 10.2 Å². The molecular weight excluding hydrogens is 253 g/mol. The predicted molar refractivity (Wildman–Crippen MR) is 67.7 cm³/mol. The number of fused-ring (bicyclic) bond motifs is 1. The summed E-state index contributed by atoms with van der Waals surface area (Å²) in [5.74, 6) is 0.565. The Balaban J connectivity index is 2.07. The van der Waals surface area contributed by atoms with Crippen LogP contribution in [0.5, 0.6) is 0 Å². The van der Waals surface area contributed by atoms with E-state index in [0.29, 0.717) is 11.8 Å². The normalized spacial score (nSPS) is 13.1. The van der Waals surface area contributed by atoms with Crippen molar-refractivity contribution in [2.75, 3.05) is 0 Å². The number of hydrogen-bond donors (Lipinski definition) is 1. The lowest BCUT2D eigenvalue weighted by molar-refractivity contribution is 0.474. The summed E-state index contributed by atoms with van der Waals surface area (Å²) < 4.78 is 19.4. The first-order chi connectivity index (χ1) is 8.63. The number of nitrogens with two attached hydrogens (primary N) is 1. The summed E-state index contributed by atoms with van der Waals surface area (Å²) in [7, 11) is 0. The highest BCUT2D eigenvalue weighted by Gasteiger charge is 2.14. The van der Waals surface area contributed by atoms with Gasteiger partial charge in [-0.25, -0.2) is 4.39 Å². The fourth-order valence-electron chi connectivity index (χ4n) is 1.63. The minimum absolute atomic E-state index is 0.252. The Kier molecular flexibility index (Phi) is 2.61. The molecule has 18 heavy (non-hydrogen) atoms. The molecule has 2 heterocycles. The molecule has 92 valence electrons. The molecule has 0 amide bonds. The summed E-state index contributed by atoms with van der Waals surface area (Å²) in [6, 6.07) is 6.26. The van der Waals surface area contributed by atoms with Gasteiger partial charge in [-0.05, 0) is 30.5 Å². The van der Waals surface area contributed by atoms with E-state index in [4.69, 9.17) is 10.2 Å². The van der Waals surface area contributed by atoms with Gasteiger partial charge in [0.2, 0.25) is 5.89 Å². The highest BCUT2D eigenvalue weighted by molar-refractivity contribution is 7.22. The first-order valence-corrected chi connectivity index (χ1v) is 6.23. The fraction of sp³-hybridized carbons (Fsp3) is 0.167. The summed E-state index contributed by atoms with van der Waals surface area (Å²) >= 11 is 1.41. The third-order valence-corrected chi connectivity index (χ3v) is 3.61. The van der Waals surface area contributed by atoms with E-state index in [1.165, 1.54) is 23.5 Å². The van der Waals surface area contributed by atoms with Gasteiger partial charge in [0.15, 0.2) is 0 Å². The number of hydrogen-bond acceptors (Lipinski definition) is 5. The van der Waals surface area contributed by atoms with Crippen LogP contribution in [0.1, 0.15) is 18.9 Å². The molecule has 0 spiro atoms. The minimum atomic E-state index is -0.293. The second-order valence-corrected chi connectivity index (χ2v) is 5.11. The average molecular weight is 263 g/mol. The summed E-state index contributed by atoms with van der Waals surface area (Å²) in [5.41, 5.74) is 5.66. The van der Waals surface area contributed by atoms with Gasteiger partial charge in [0, 0.05) is 4.70 Å². The maximum Gasteiger partial charge on any atom is 0.257 e. The lowest BCUT2D eigenvalue weighted by Crippen LogP contribution is -2.04. The number of rotatable bonds is 2. The van der Waals surface area contributed by atoms with E-state index in [1.807, 2.05) is 6.07 Å². The van der Waals surface area contributed by atoms with Crippen molar-refractivity contribution in [1.29, 1.82) is 0 Å². The largest absolute Gasteiger partial charge is 0.418 e. The van der Waals surface area contributed by atoms with Crippen molar-refractivity contribution in [3.05, 3.63) is 36.0 Å². The Morgan fingerprint density at radius 2 is 2.17 bits per heavy atom. The van der Waals surface area contributed by atoms with E-state index in [9.17, 15) is 4.39 Å². The summed E-state index contributed by atoms with van der Waals surface area (Å²) in [6.07, 6.45) is 0. The van der Waals surface area contributed by atoms with Crippen molar-refractivity contribution in [3.63, 3.8) is 0 Å². The van der Waals surface area contributed by atoms with Crippen molar-refractivity contribution in [2.45, 2.75) is 13.0 Å². The molecule has 1 atom stereocenters. The second-order valence-electron chi connectivity index (χ2n) is 4.03. The Morgan fingerprint density at radius 3 is 2.89 bits per heavy atom. The zero-order valence-electron chi connectivity index (χ0n) is 9.55. The molecule has 3 aromatic rings. The Hall–Kier alpha value is -1.79. The van der Waals surface area contributed by atoms with Crippen molar-refractivity contribution in [3.8, 4) is 10.8 Å². The third kappa shape index (κ3) is 1.89. The van der Waals surface area contributed by atoms with Crippen molar-refractivity contribution in [2.24, 2.45) is 5.73 Å². The molecule has 4 nitrogen and oxygen atoms in total. The highest BCUT2D eigenvalue weighted by atomic mass is 32.1. The maximum atomic E-state index is 13.1. The van der Waals surface area contributed by atoms with Gasteiger partial charge in [-0.1, -0.05) is 6.07 Å². The molecule has 3 rings (SSSR count). The molecule has 0 aliphatic heterocycles. The van der Waals surface area contributed by atoms with Crippen molar-refractivity contribution >= 4 is 21.4 Å². The molecule has 0 fully saturated rings. The van der Waals surface area contributed by atoms with E-state index >= 15 is 0 Å². The second kappa shape index (κ2) is 4.15. The highest BCUT2D eigenvalue weighted by Crippen LogP contribution is 2.33. The quantitative estimate of drug-likeness (QED) is 0.771. The van der Waals surface area contributed by atoms with Gasteiger partial charge < -0.3 is 10.2 Å². The minimum Gasteiger partial charge on any atom is -0.418 e. The molecule has 0 aliphatic carbocycles. The maximum absolute atomic E-state index is 13.1. The zero-order valence-corrected chi connectivity index (χ0v) is 10.4. The first-order valence-electron chi connectivity index (χ1n) is 5.42. The Bertz CT molecular complexity index is 704. The molecule has 2 N–H and O–H groups in total. The van der Waals surface area contributed by atoms with E-state index in [2.05, 4.69) is 10.2 Å². The standard InChI is InChI=1S/C12H10FN3OS/c1-6(14)11-15-16-12(17-11)10-4-7-2-3-8(13)5-9(7)18-10/h2-6H,14H2,1H3. The molecule has 0 bridgehead atoms. The summed E-state index contributed by atoms with van der Waals surface area (Å²) in [4.78, 5) is 0.815. The molecular formula is C12H10FN3OS. The van der Waals surface area contributed by atoms with E-state index in [1.54, 1.807) is 13.0 Å². The first kappa shape index (κ1) is 11.3. The van der Waals surface area contributed by atoms with Crippen LogP contribution in [0.2, 0.25) is 0 Å². The Morgan fingerprint density at radius 1 is 1.33 bits per heavy atom. The van der Waals surface area contributed by atoms with Gasteiger partial charge in [0.1, 0.15) is 5.82 Å². The molecule has 1 unspecified atom stereocenters. The molecule has 2 aromatic heterocycles. The van der Waals surface area contributed by atoms with E-state index < -0.39 is 0 Å². The van der Waals surface area contributed by atoms with Crippen molar-refractivity contribution < 1.29 is 8.81 Å². The van der Waals surface area contributed by atoms with Gasteiger partial charge in [-0.2, -0.15) is 0 Å². The lowest BCUT2D eigenvalue weighted by Gasteiger charge is -1.93. The van der Waals surface area contributed by atoms with Crippen LogP contribution in [0.25, 0.3) is 20.9 Å². The van der Waals surface area contributed by atoms with Gasteiger partial charge in [-0.15, -0.1) is 21.5 Å². The van der Waals surface area contributed by atoms with Crippen LogP contribution in [0.3, 0.4) is 0 Å². The van der Waals surface area contributed by atoms with Crippen LogP contribution in [0.15, 0.2) is 28.7 Å². The molecule has 0 aliphatic rings. The predicted octanol–water partition coefficient (Wildman–Crippen LogP) is 3.11. The topological polar surface area (TPSA) is 64.9 Å². The average Bonchev–Trinajstić information content (AvgIpc) is 2.93. The van der Waals surface area contributed by atoms with Crippen LogP contribution in [0.4, 0.5) is 4.39 Å². The summed E-state index contributed by atoms with van der Waals surface area (Å²) in [5, 5.41) is 8.77. The SMILES string of the molecule is CC(N)c1nnc(-c2cc3ccc(F)cc3s2)o1. The van der Waals surface area contributed by atoms with Crippen LogP contribution in [-0.2, 0) is 0 Å². The molecule has 6 heteroatoms. The number of benzene rings is 1. The van der Waals surface area contributed by atoms with Gasteiger partial charge in [0.05, 0.1) is 10.9 Å². The van der Waals surface area contributed by atoms with E-state index in [0.717, 1.165) is 15.0 Å². The van der Waals surface area contributed by atoms with Gasteiger partial charge in [-0.3, -0.25) is 0 Å². The molecule has 1 aromatic carbocycles. The number of halogens is 1.